The molecule has 35 heavy (non-hydrogen) atoms. The molecule has 0 aliphatic carbocycles. The number of morpholine rings is 1. The largest absolute Gasteiger partial charge is 0.378 e. The van der Waals surface area contributed by atoms with Gasteiger partial charge >= 0.3 is 0 Å². The van der Waals surface area contributed by atoms with Gasteiger partial charge in [0.05, 0.1) is 23.8 Å². The van der Waals surface area contributed by atoms with Crippen LogP contribution in [0.1, 0.15) is 36.5 Å². The molecule has 2 aliphatic rings. The molecule has 9 heteroatoms. The zero-order chi connectivity index (χ0) is 24.4. The van der Waals surface area contributed by atoms with Crippen molar-refractivity contribution >= 4 is 38.1 Å². The normalized spacial score (nSPS) is 19.6. The number of nitrogens with zero attached hydrogens (tertiary/aromatic N) is 3. The zero-order valence-corrected chi connectivity index (χ0v) is 20.6. The second-order valence-corrected chi connectivity index (χ2v) is 11.0. The highest BCUT2D eigenvalue weighted by molar-refractivity contribution is 7.89. The highest BCUT2D eigenvalue weighted by atomic mass is 32.2. The predicted octanol–water partition coefficient (Wildman–Crippen LogP) is 3.89. The summed E-state index contributed by atoms with van der Waals surface area (Å²) in [6.07, 6.45) is 6.29. The SMILES string of the molecule is C[C@@H]1CCCCN1S(=O)(=O)c1ccc(C(=O)Nc2ccc(N3CCOCC3)c3ccncc23)cc1. The molecule has 2 aromatic carbocycles. The second kappa shape index (κ2) is 9.93. The first-order chi connectivity index (χ1) is 16.9. The maximum absolute atomic E-state index is 13.1. The lowest BCUT2D eigenvalue weighted by atomic mass is 10.1. The Balaban J connectivity index is 1.37. The Morgan fingerprint density at radius 3 is 2.51 bits per heavy atom. The summed E-state index contributed by atoms with van der Waals surface area (Å²) in [4.78, 5) is 19.8. The number of carbonyl (C=O) groups is 1. The number of nitrogens with one attached hydrogen (secondary N) is 1. The van der Waals surface area contributed by atoms with Gasteiger partial charge in [-0.1, -0.05) is 6.42 Å². The molecule has 3 heterocycles. The van der Waals surface area contributed by atoms with Crippen molar-refractivity contribution < 1.29 is 17.9 Å². The Morgan fingerprint density at radius 2 is 1.77 bits per heavy atom. The Hall–Kier alpha value is -3.01. The van der Waals surface area contributed by atoms with Crippen molar-refractivity contribution in [2.75, 3.05) is 43.1 Å². The van der Waals surface area contributed by atoms with Gasteiger partial charge in [0.25, 0.3) is 5.91 Å². The molecule has 2 aliphatic heterocycles. The number of anilines is 2. The van der Waals surface area contributed by atoms with Crippen molar-refractivity contribution in [1.29, 1.82) is 0 Å². The zero-order valence-electron chi connectivity index (χ0n) is 19.8. The maximum Gasteiger partial charge on any atom is 0.255 e. The van der Waals surface area contributed by atoms with E-state index in [1.54, 1.807) is 28.8 Å². The summed E-state index contributed by atoms with van der Waals surface area (Å²) in [6.45, 7) is 5.49. The number of amides is 1. The molecule has 0 saturated carbocycles. The van der Waals surface area contributed by atoms with Crippen LogP contribution < -0.4 is 10.2 Å². The van der Waals surface area contributed by atoms with Crippen molar-refractivity contribution in [1.82, 2.24) is 9.29 Å². The van der Waals surface area contributed by atoms with Crippen molar-refractivity contribution in [2.45, 2.75) is 37.1 Å². The van der Waals surface area contributed by atoms with E-state index in [1.807, 2.05) is 25.1 Å². The van der Waals surface area contributed by atoms with Crippen LogP contribution in [0.2, 0.25) is 0 Å². The average molecular weight is 495 g/mol. The number of ether oxygens (including phenoxy) is 1. The van der Waals surface area contributed by atoms with Crippen molar-refractivity contribution in [3.05, 3.63) is 60.4 Å². The topological polar surface area (TPSA) is 91.8 Å². The number of hydrogen-bond acceptors (Lipinski definition) is 6. The number of benzene rings is 2. The van der Waals surface area contributed by atoms with Gasteiger partial charge in [-0.15, -0.1) is 0 Å². The van der Waals surface area contributed by atoms with Gasteiger partial charge in [-0.25, -0.2) is 8.42 Å². The third-order valence-electron chi connectivity index (χ3n) is 6.86. The molecule has 0 unspecified atom stereocenters. The van der Waals surface area contributed by atoms with Crippen LogP contribution in [0, 0.1) is 0 Å². The average Bonchev–Trinajstić information content (AvgIpc) is 2.89. The summed E-state index contributed by atoms with van der Waals surface area (Å²) in [5.41, 5.74) is 2.14. The summed E-state index contributed by atoms with van der Waals surface area (Å²) in [5.74, 6) is -0.301. The fraction of sp³-hybridized carbons (Fsp3) is 0.385. The van der Waals surface area contributed by atoms with E-state index in [9.17, 15) is 13.2 Å². The van der Waals surface area contributed by atoms with Crippen molar-refractivity contribution in [2.24, 2.45) is 0 Å². The lowest BCUT2D eigenvalue weighted by molar-refractivity contribution is 0.102. The molecular weight excluding hydrogens is 464 g/mol. The van der Waals surface area contributed by atoms with Crippen LogP contribution in [-0.4, -0.2) is 62.5 Å². The summed E-state index contributed by atoms with van der Waals surface area (Å²) < 4.78 is 33.2. The Bertz CT molecular complexity index is 1320. The number of hydrogen-bond donors (Lipinski definition) is 1. The van der Waals surface area contributed by atoms with E-state index in [0.29, 0.717) is 31.0 Å². The van der Waals surface area contributed by atoms with Crippen LogP contribution >= 0.6 is 0 Å². The van der Waals surface area contributed by atoms with Crippen LogP contribution in [0.25, 0.3) is 10.8 Å². The number of carbonyl (C=O) groups excluding carboxylic acids is 1. The Kier molecular flexibility index (Phi) is 6.73. The van der Waals surface area contributed by atoms with Crippen molar-refractivity contribution in [3.63, 3.8) is 0 Å². The predicted molar refractivity (Wildman–Crippen MR) is 136 cm³/mol. The maximum atomic E-state index is 13.1. The van der Waals surface area contributed by atoms with Crippen LogP contribution in [0.5, 0.6) is 0 Å². The molecule has 8 nitrogen and oxygen atoms in total. The summed E-state index contributed by atoms with van der Waals surface area (Å²) >= 11 is 0. The van der Waals surface area contributed by atoms with Crippen molar-refractivity contribution in [3.8, 4) is 0 Å². The van der Waals surface area contributed by atoms with E-state index in [4.69, 9.17) is 4.74 Å². The minimum absolute atomic E-state index is 0.0148. The highest BCUT2D eigenvalue weighted by Crippen LogP contribution is 2.33. The van der Waals surface area contributed by atoms with Gasteiger partial charge in [-0.3, -0.25) is 9.78 Å². The van der Waals surface area contributed by atoms with E-state index in [2.05, 4.69) is 15.2 Å². The van der Waals surface area contributed by atoms with Crippen LogP contribution in [-0.2, 0) is 14.8 Å². The quantitative estimate of drug-likeness (QED) is 0.579. The van der Waals surface area contributed by atoms with E-state index in [0.717, 1.165) is 48.8 Å². The number of pyridine rings is 1. The third kappa shape index (κ3) is 4.76. The Morgan fingerprint density at radius 1 is 1.00 bits per heavy atom. The molecule has 1 amide bonds. The first-order valence-corrected chi connectivity index (χ1v) is 13.5. The summed E-state index contributed by atoms with van der Waals surface area (Å²) in [5, 5.41) is 4.84. The highest BCUT2D eigenvalue weighted by Gasteiger charge is 2.31. The molecule has 3 aromatic rings. The minimum atomic E-state index is -3.58. The van der Waals surface area contributed by atoms with Gasteiger partial charge in [0, 0.05) is 60.1 Å². The second-order valence-electron chi connectivity index (χ2n) is 9.09. The van der Waals surface area contributed by atoms with Gasteiger partial charge in [-0.2, -0.15) is 4.31 Å². The van der Waals surface area contributed by atoms with Crippen LogP contribution in [0.3, 0.4) is 0 Å². The van der Waals surface area contributed by atoms with Crippen LogP contribution in [0.4, 0.5) is 11.4 Å². The Labute approximate surface area is 205 Å². The number of sulfonamides is 1. The number of piperidine rings is 1. The molecule has 0 radical (unpaired) electrons. The lowest BCUT2D eigenvalue weighted by Crippen LogP contribution is -2.41. The van der Waals surface area contributed by atoms with Gasteiger partial charge in [0.2, 0.25) is 10.0 Å². The molecule has 1 N–H and O–H groups in total. The van der Waals surface area contributed by atoms with Gasteiger partial charge in [0.15, 0.2) is 0 Å². The standard InChI is InChI=1S/C26H30N4O4S/c1-19-4-2-3-13-30(19)35(32,33)21-7-5-20(6-8-21)26(31)28-24-9-10-25(29-14-16-34-17-15-29)22-11-12-27-18-23(22)24/h5-12,18-19H,2-4,13-17H2,1H3,(H,28,31)/t19-/m1/s1. The van der Waals surface area contributed by atoms with E-state index >= 15 is 0 Å². The summed E-state index contributed by atoms with van der Waals surface area (Å²) in [7, 11) is -3.58. The number of fused-ring (bicyclic) bond motifs is 1. The number of rotatable bonds is 5. The molecule has 2 saturated heterocycles. The summed E-state index contributed by atoms with van der Waals surface area (Å²) in [6, 6.07) is 12.0. The molecule has 0 bridgehead atoms. The molecule has 2 fully saturated rings. The lowest BCUT2D eigenvalue weighted by Gasteiger charge is -2.32. The third-order valence-corrected chi connectivity index (χ3v) is 8.89. The fourth-order valence-corrected chi connectivity index (χ4v) is 6.60. The molecule has 1 atom stereocenters. The van der Waals surface area contributed by atoms with E-state index < -0.39 is 10.0 Å². The fourth-order valence-electron chi connectivity index (χ4n) is 4.90. The van der Waals surface area contributed by atoms with Gasteiger partial charge in [0.1, 0.15) is 0 Å². The monoisotopic (exact) mass is 494 g/mol. The van der Waals surface area contributed by atoms with Crippen LogP contribution in [0.15, 0.2) is 59.8 Å². The van der Waals surface area contributed by atoms with Gasteiger partial charge in [-0.05, 0) is 62.2 Å². The minimum Gasteiger partial charge on any atom is -0.378 e. The molecule has 1 aromatic heterocycles. The molecule has 184 valence electrons. The van der Waals surface area contributed by atoms with E-state index in [1.165, 1.54) is 12.1 Å². The molecule has 5 rings (SSSR count). The van der Waals surface area contributed by atoms with E-state index in [-0.39, 0.29) is 16.8 Å². The first-order valence-electron chi connectivity index (χ1n) is 12.1. The molecule has 0 spiro atoms. The molecular formula is C26H30N4O4S. The number of aromatic nitrogens is 1. The van der Waals surface area contributed by atoms with Gasteiger partial charge < -0.3 is 15.0 Å². The first kappa shape index (κ1) is 23.7. The smallest absolute Gasteiger partial charge is 0.255 e.